The number of aryl methyl sites for hydroxylation is 1. The van der Waals surface area contributed by atoms with E-state index in [0.717, 1.165) is 15.7 Å². The van der Waals surface area contributed by atoms with Crippen molar-refractivity contribution < 1.29 is 4.79 Å². The molecular formula is C13H13BrN4O. The lowest BCUT2D eigenvalue weighted by atomic mass is 10.2. The van der Waals surface area contributed by atoms with Gasteiger partial charge in [-0.1, -0.05) is 0 Å². The maximum Gasteiger partial charge on any atom is 0.260 e. The SMILES string of the molecule is CNc1ccncc1C(=O)Nc1ncc(Br)cc1C. The van der Waals surface area contributed by atoms with Gasteiger partial charge in [-0.2, -0.15) is 0 Å². The molecule has 2 aromatic rings. The molecule has 2 N–H and O–H groups in total. The zero-order valence-corrected chi connectivity index (χ0v) is 12.2. The van der Waals surface area contributed by atoms with Crippen molar-refractivity contribution in [2.24, 2.45) is 0 Å². The van der Waals surface area contributed by atoms with Crippen LogP contribution in [0.2, 0.25) is 0 Å². The van der Waals surface area contributed by atoms with Gasteiger partial charge in [0.25, 0.3) is 5.91 Å². The van der Waals surface area contributed by atoms with Crippen LogP contribution in [0.25, 0.3) is 0 Å². The number of nitrogens with one attached hydrogen (secondary N) is 2. The first-order valence-electron chi connectivity index (χ1n) is 5.67. The van der Waals surface area contributed by atoms with Gasteiger partial charge in [0, 0.05) is 35.8 Å². The summed E-state index contributed by atoms with van der Waals surface area (Å²) in [4.78, 5) is 20.3. The first-order chi connectivity index (χ1) is 9.11. The normalized spacial score (nSPS) is 10.1. The van der Waals surface area contributed by atoms with Crippen molar-refractivity contribution in [1.29, 1.82) is 0 Å². The monoisotopic (exact) mass is 320 g/mol. The number of hydrogen-bond acceptors (Lipinski definition) is 4. The molecule has 0 aliphatic carbocycles. The number of aromatic nitrogens is 2. The zero-order valence-electron chi connectivity index (χ0n) is 10.6. The number of halogens is 1. The van der Waals surface area contributed by atoms with Gasteiger partial charge >= 0.3 is 0 Å². The van der Waals surface area contributed by atoms with E-state index in [1.807, 2.05) is 13.0 Å². The predicted molar refractivity (Wildman–Crippen MR) is 78.4 cm³/mol. The van der Waals surface area contributed by atoms with Crippen molar-refractivity contribution >= 4 is 33.3 Å². The second-order valence-electron chi connectivity index (χ2n) is 3.94. The Balaban J connectivity index is 2.26. The zero-order chi connectivity index (χ0) is 13.8. The number of anilines is 2. The third-order valence-electron chi connectivity index (χ3n) is 2.61. The molecule has 0 aromatic carbocycles. The van der Waals surface area contributed by atoms with Crippen molar-refractivity contribution in [2.75, 3.05) is 17.7 Å². The third-order valence-corrected chi connectivity index (χ3v) is 3.05. The highest BCUT2D eigenvalue weighted by Crippen LogP contribution is 2.19. The molecule has 0 saturated heterocycles. The summed E-state index contributed by atoms with van der Waals surface area (Å²) in [6, 6.07) is 3.64. The van der Waals surface area contributed by atoms with E-state index in [0.29, 0.717) is 11.4 Å². The molecule has 0 atom stereocenters. The summed E-state index contributed by atoms with van der Waals surface area (Å²) >= 11 is 3.34. The molecule has 0 saturated carbocycles. The van der Waals surface area contributed by atoms with Crippen molar-refractivity contribution in [2.45, 2.75) is 6.92 Å². The number of nitrogens with zero attached hydrogens (tertiary/aromatic N) is 2. The molecule has 0 fully saturated rings. The molecular weight excluding hydrogens is 308 g/mol. The molecule has 0 aliphatic rings. The Morgan fingerprint density at radius 1 is 1.37 bits per heavy atom. The van der Waals surface area contributed by atoms with E-state index in [2.05, 4.69) is 36.5 Å². The molecule has 0 unspecified atom stereocenters. The Bertz CT molecular complexity index is 615. The molecule has 19 heavy (non-hydrogen) atoms. The van der Waals surface area contributed by atoms with Gasteiger partial charge < -0.3 is 10.6 Å². The minimum Gasteiger partial charge on any atom is -0.387 e. The molecule has 98 valence electrons. The topological polar surface area (TPSA) is 66.9 Å². The number of carbonyl (C=O) groups is 1. The molecule has 0 aliphatic heterocycles. The molecule has 2 heterocycles. The van der Waals surface area contributed by atoms with Gasteiger partial charge in [0.2, 0.25) is 0 Å². The number of amides is 1. The molecule has 6 heteroatoms. The van der Waals surface area contributed by atoms with Crippen LogP contribution in [0.15, 0.2) is 35.2 Å². The Morgan fingerprint density at radius 2 is 2.16 bits per heavy atom. The summed E-state index contributed by atoms with van der Waals surface area (Å²) in [7, 11) is 1.76. The Hall–Kier alpha value is -1.95. The Labute approximate surface area is 119 Å². The van der Waals surface area contributed by atoms with Gasteiger partial charge in [0.1, 0.15) is 5.82 Å². The fourth-order valence-corrected chi connectivity index (χ4v) is 2.09. The average molecular weight is 321 g/mol. The number of carbonyl (C=O) groups excluding carboxylic acids is 1. The number of pyridine rings is 2. The fourth-order valence-electron chi connectivity index (χ4n) is 1.64. The second kappa shape index (κ2) is 5.79. The van der Waals surface area contributed by atoms with Crippen LogP contribution in [-0.4, -0.2) is 22.9 Å². The summed E-state index contributed by atoms with van der Waals surface area (Å²) in [6.07, 6.45) is 4.80. The largest absolute Gasteiger partial charge is 0.387 e. The van der Waals surface area contributed by atoms with Crippen molar-refractivity contribution in [3.63, 3.8) is 0 Å². The molecule has 0 spiro atoms. The van der Waals surface area contributed by atoms with Crippen LogP contribution >= 0.6 is 15.9 Å². The maximum absolute atomic E-state index is 12.2. The minimum absolute atomic E-state index is 0.240. The molecule has 2 rings (SSSR count). The summed E-state index contributed by atoms with van der Waals surface area (Å²) in [6.45, 7) is 1.88. The van der Waals surface area contributed by atoms with Crippen LogP contribution in [0.5, 0.6) is 0 Å². The van der Waals surface area contributed by atoms with Crippen LogP contribution in [0, 0.1) is 6.92 Å². The van der Waals surface area contributed by atoms with Crippen molar-refractivity contribution in [3.05, 3.63) is 46.3 Å². The van der Waals surface area contributed by atoms with Gasteiger partial charge in [-0.25, -0.2) is 4.98 Å². The van der Waals surface area contributed by atoms with Crippen LogP contribution in [0.4, 0.5) is 11.5 Å². The van der Waals surface area contributed by atoms with E-state index in [9.17, 15) is 4.79 Å². The molecule has 2 aromatic heterocycles. The summed E-state index contributed by atoms with van der Waals surface area (Å²) in [5.41, 5.74) is 2.09. The van der Waals surface area contributed by atoms with Gasteiger partial charge in [-0.15, -0.1) is 0 Å². The van der Waals surface area contributed by atoms with Crippen LogP contribution in [0.1, 0.15) is 15.9 Å². The molecule has 0 radical (unpaired) electrons. The smallest absolute Gasteiger partial charge is 0.260 e. The summed E-state index contributed by atoms with van der Waals surface area (Å²) in [5, 5.41) is 5.73. The third kappa shape index (κ3) is 3.08. The van der Waals surface area contributed by atoms with Gasteiger partial charge in [-0.3, -0.25) is 9.78 Å². The second-order valence-corrected chi connectivity index (χ2v) is 4.86. The van der Waals surface area contributed by atoms with E-state index in [4.69, 9.17) is 0 Å². The highest BCUT2D eigenvalue weighted by Gasteiger charge is 2.12. The predicted octanol–water partition coefficient (Wildman–Crippen LogP) is 2.84. The lowest BCUT2D eigenvalue weighted by Gasteiger charge is -2.10. The molecule has 1 amide bonds. The van der Waals surface area contributed by atoms with E-state index in [1.54, 1.807) is 25.5 Å². The maximum atomic E-state index is 12.2. The number of hydrogen-bond donors (Lipinski definition) is 2. The average Bonchev–Trinajstić information content (AvgIpc) is 2.41. The Kier molecular flexibility index (Phi) is 4.11. The quantitative estimate of drug-likeness (QED) is 0.912. The highest BCUT2D eigenvalue weighted by molar-refractivity contribution is 9.10. The lowest BCUT2D eigenvalue weighted by Crippen LogP contribution is -2.16. The van der Waals surface area contributed by atoms with Gasteiger partial charge in [0.05, 0.1) is 5.56 Å². The van der Waals surface area contributed by atoms with E-state index < -0.39 is 0 Å². The standard InChI is InChI=1S/C13H13BrN4O/c1-8-5-9(14)6-17-12(8)18-13(19)10-7-16-4-3-11(10)15-2/h3-7H,1-2H3,(H,15,16)(H,17,18,19). The van der Waals surface area contributed by atoms with Crippen molar-refractivity contribution in [1.82, 2.24) is 9.97 Å². The molecule has 5 nitrogen and oxygen atoms in total. The van der Waals surface area contributed by atoms with Gasteiger partial charge in [-0.05, 0) is 40.5 Å². The summed E-state index contributed by atoms with van der Waals surface area (Å²) in [5.74, 6) is 0.300. The van der Waals surface area contributed by atoms with Gasteiger partial charge in [0.15, 0.2) is 0 Å². The molecule has 0 bridgehead atoms. The first-order valence-corrected chi connectivity index (χ1v) is 6.46. The van der Waals surface area contributed by atoms with Crippen LogP contribution < -0.4 is 10.6 Å². The van der Waals surface area contributed by atoms with Crippen LogP contribution in [0.3, 0.4) is 0 Å². The van der Waals surface area contributed by atoms with Crippen LogP contribution in [-0.2, 0) is 0 Å². The minimum atomic E-state index is -0.240. The lowest BCUT2D eigenvalue weighted by molar-refractivity contribution is 0.102. The fraction of sp³-hybridized carbons (Fsp3) is 0.154. The summed E-state index contributed by atoms with van der Waals surface area (Å²) < 4.78 is 0.875. The first kappa shape index (κ1) is 13.5. The highest BCUT2D eigenvalue weighted by atomic mass is 79.9. The van der Waals surface area contributed by atoms with E-state index >= 15 is 0 Å². The van der Waals surface area contributed by atoms with E-state index in [1.165, 1.54) is 6.20 Å². The Morgan fingerprint density at radius 3 is 2.84 bits per heavy atom. The number of rotatable bonds is 3. The van der Waals surface area contributed by atoms with E-state index in [-0.39, 0.29) is 5.91 Å². The van der Waals surface area contributed by atoms with Crippen molar-refractivity contribution in [3.8, 4) is 0 Å².